The molecule has 0 spiro atoms. The van der Waals surface area contributed by atoms with E-state index in [4.69, 9.17) is 0 Å². The van der Waals surface area contributed by atoms with E-state index in [1.54, 1.807) is 0 Å². The van der Waals surface area contributed by atoms with Crippen LogP contribution in [0, 0.1) is 18.8 Å². The highest BCUT2D eigenvalue weighted by Crippen LogP contribution is 2.24. The van der Waals surface area contributed by atoms with Gasteiger partial charge in [0, 0.05) is 12.5 Å². The minimum Gasteiger partial charge on any atom is -0.353 e. The first-order valence-electron chi connectivity index (χ1n) is 8.61. The van der Waals surface area contributed by atoms with Crippen LogP contribution in [0.3, 0.4) is 0 Å². The van der Waals surface area contributed by atoms with E-state index in [0.29, 0.717) is 18.3 Å². The summed E-state index contributed by atoms with van der Waals surface area (Å²) in [5.41, 5.74) is 2.62. The SMILES string of the molecule is Cc1ccccc1CC(C)NC(=O)CC(C)C1CCNCC1.Cl. The first-order chi connectivity index (χ1) is 10.6. The summed E-state index contributed by atoms with van der Waals surface area (Å²) in [5.74, 6) is 1.37. The molecule has 2 N–H and O–H groups in total. The lowest BCUT2D eigenvalue weighted by Gasteiger charge is -2.28. The normalized spacial score (nSPS) is 17.9. The van der Waals surface area contributed by atoms with E-state index < -0.39 is 0 Å². The number of hydrogen-bond acceptors (Lipinski definition) is 2. The fourth-order valence-electron chi connectivity index (χ4n) is 3.43. The molecule has 1 fully saturated rings. The summed E-state index contributed by atoms with van der Waals surface area (Å²) >= 11 is 0. The van der Waals surface area contributed by atoms with Crippen molar-refractivity contribution in [2.75, 3.05) is 13.1 Å². The standard InChI is InChI=1S/C19H30N2O.ClH/c1-14-6-4-5-7-18(14)13-16(3)21-19(22)12-15(2)17-8-10-20-11-9-17;/h4-7,15-17,20H,8-13H2,1-3H3,(H,21,22);1H. The molecule has 0 aliphatic carbocycles. The molecule has 130 valence electrons. The van der Waals surface area contributed by atoms with Gasteiger partial charge in [-0.1, -0.05) is 31.2 Å². The van der Waals surface area contributed by atoms with Crippen molar-refractivity contribution in [2.45, 2.75) is 52.5 Å². The van der Waals surface area contributed by atoms with Crippen LogP contribution in [0.5, 0.6) is 0 Å². The second kappa shape index (κ2) is 9.94. The number of aryl methyl sites for hydroxylation is 1. The molecule has 1 aromatic carbocycles. The average Bonchev–Trinajstić information content (AvgIpc) is 2.50. The third-order valence-corrected chi connectivity index (χ3v) is 4.89. The summed E-state index contributed by atoms with van der Waals surface area (Å²) in [6.45, 7) is 8.64. The zero-order valence-corrected chi connectivity index (χ0v) is 15.4. The van der Waals surface area contributed by atoms with Crippen LogP contribution in [0.2, 0.25) is 0 Å². The maximum atomic E-state index is 12.3. The van der Waals surface area contributed by atoms with E-state index >= 15 is 0 Å². The lowest BCUT2D eigenvalue weighted by atomic mass is 9.84. The number of halogens is 1. The predicted octanol–water partition coefficient (Wildman–Crippen LogP) is 3.49. The van der Waals surface area contributed by atoms with Crippen molar-refractivity contribution in [3.63, 3.8) is 0 Å². The molecular formula is C19H31ClN2O. The Labute approximate surface area is 147 Å². The van der Waals surface area contributed by atoms with Crippen molar-refractivity contribution in [2.24, 2.45) is 11.8 Å². The molecule has 0 aromatic heterocycles. The van der Waals surface area contributed by atoms with Gasteiger partial charge in [0.25, 0.3) is 0 Å². The average molecular weight is 339 g/mol. The van der Waals surface area contributed by atoms with E-state index in [0.717, 1.165) is 19.5 Å². The van der Waals surface area contributed by atoms with E-state index in [9.17, 15) is 4.79 Å². The van der Waals surface area contributed by atoms with Crippen LogP contribution >= 0.6 is 12.4 Å². The second-order valence-corrected chi connectivity index (χ2v) is 6.87. The summed E-state index contributed by atoms with van der Waals surface area (Å²) in [6.07, 6.45) is 3.96. The number of piperidine rings is 1. The zero-order chi connectivity index (χ0) is 15.9. The number of benzene rings is 1. The Morgan fingerprint density at radius 2 is 1.91 bits per heavy atom. The van der Waals surface area contributed by atoms with Crippen molar-refractivity contribution in [1.82, 2.24) is 10.6 Å². The van der Waals surface area contributed by atoms with Gasteiger partial charge in [-0.3, -0.25) is 4.79 Å². The van der Waals surface area contributed by atoms with Gasteiger partial charge in [0.2, 0.25) is 5.91 Å². The van der Waals surface area contributed by atoms with Gasteiger partial charge in [0.15, 0.2) is 0 Å². The van der Waals surface area contributed by atoms with Gasteiger partial charge in [0.1, 0.15) is 0 Å². The van der Waals surface area contributed by atoms with Crippen LogP contribution in [0.25, 0.3) is 0 Å². The van der Waals surface area contributed by atoms with Crippen molar-refractivity contribution in [3.05, 3.63) is 35.4 Å². The molecule has 0 bridgehead atoms. The first-order valence-corrected chi connectivity index (χ1v) is 8.61. The molecule has 2 rings (SSSR count). The monoisotopic (exact) mass is 338 g/mol. The number of carbonyl (C=O) groups is 1. The molecule has 0 radical (unpaired) electrons. The predicted molar refractivity (Wildman–Crippen MR) is 99.1 cm³/mol. The molecule has 1 aliphatic rings. The Morgan fingerprint density at radius 3 is 2.57 bits per heavy atom. The summed E-state index contributed by atoms with van der Waals surface area (Å²) in [4.78, 5) is 12.3. The molecule has 1 aromatic rings. The third kappa shape index (κ3) is 6.52. The van der Waals surface area contributed by atoms with Gasteiger partial charge in [-0.15, -0.1) is 12.4 Å². The molecule has 2 unspecified atom stereocenters. The van der Waals surface area contributed by atoms with E-state index in [-0.39, 0.29) is 24.4 Å². The van der Waals surface area contributed by atoms with E-state index in [1.807, 2.05) is 0 Å². The molecule has 1 aliphatic heterocycles. The van der Waals surface area contributed by atoms with Crippen molar-refractivity contribution < 1.29 is 4.79 Å². The molecular weight excluding hydrogens is 308 g/mol. The van der Waals surface area contributed by atoms with E-state index in [2.05, 4.69) is 55.7 Å². The Balaban J connectivity index is 0.00000264. The molecule has 23 heavy (non-hydrogen) atoms. The van der Waals surface area contributed by atoms with Crippen LogP contribution in [-0.2, 0) is 11.2 Å². The zero-order valence-electron chi connectivity index (χ0n) is 14.6. The number of amides is 1. The molecule has 0 saturated carbocycles. The highest BCUT2D eigenvalue weighted by atomic mass is 35.5. The maximum Gasteiger partial charge on any atom is 0.220 e. The van der Waals surface area contributed by atoms with Crippen LogP contribution in [0.4, 0.5) is 0 Å². The quantitative estimate of drug-likeness (QED) is 0.833. The summed E-state index contributed by atoms with van der Waals surface area (Å²) in [7, 11) is 0. The van der Waals surface area contributed by atoms with Gasteiger partial charge in [0.05, 0.1) is 0 Å². The highest BCUT2D eigenvalue weighted by molar-refractivity contribution is 5.85. The van der Waals surface area contributed by atoms with Gasteiger partial charge < -0.3 is 10.6 Å². The largest absolute Gasteiger partial charge is 0.353 e. The maximum absolute atomic E-state index is 12.3. The molecule has 1 amide bonds. The van der Waals surface area contributed by atoms with Gasteiger partial charge in [-0.25, -0.2) is 0 Å². The van der Waals surface area contributed by atoms with Gasteiger partial charge in [-0.2, -0.15) is 0 Å². The molecule has 1 saturated heterocycles. The number of hydrogen-bond donors (Lipinski definition) is 2. The summed E-state index contributed by atoms with van der Waals surface area (Å²) in [6, 6.07) is 8.59. The fourth-order valence-corrected chi connectivity index (χ4v) is 3.43. The van der Waals surface area contributed by atoms with Gasteiger partial charge in [-0.05, 0) is 69.2 Å². The van der Waals surface area contributed by atoms with Crippen LogP contribution < -0.4 is 10.6 Å². The molecule has 2 atom stereocenters. The smallest absolute Gasteiger partial charge is 0.220 e. The number of nitrogens with one attached hydrogen (secondary N) is 2. The van der Waals surface area contributed by atoms with Crippen molar-refractivity contribution in [3.8, 4) is 0 Å². The van der Waals surface area contributed by atoms with Crippen LogP contribution in [-0.4, -0.2) is 25.0 Å². The third-order valence-electron chi connectivity index (χ3n) is 4.89. The Hall–Kier alpha value is -1.06. The minimum absolute atomic E-state index is 0. The lowest BCUT2D eigenvalue weighted by Crippen LogP contribution is -2.37. The Kier molecular flexibility index (Phi) is 8.64. The summed E-state index contributed by atoms with van der Waals surface area (Å²) < 4.78 is 0. The highest BCUT2D eigenvalue weighted by Gasteiger charge is 2.22. The van der Waals surface area contributed by atoms with Crippen molar-refractivity contribution in [1.29, 1.82) is 0 Å². The van der Waals surface area contributed by atoms with Crippen molar-refractivity contribution >= 4 is 18.3 Å². The summed E-state index contributed by atoms with van der Waals surface area (Å²) in [5, 5.41) is 6.56. The molecule has 3 nitrogen and oxygen atoms in total. The van der Waals surface area contributed by atoms with E-state index in [1.165, 1.54) is 24.0 Å². The molecule has 4 heteroatoms. The van der Waals surface area contributed by atoms with Crippen LogP contribution in [0.15, 0.2) is 24.3 Å². The topological polar surface area (TPSA) is 41.1 Å². The number of carbonyl (C=O) groups excluding carboxylic acids is 1. The second-order valence-electron chi connectivity index (χ2n) is 6.87. The Morgan fingerprint density at radius 1 is 1.26 bits per heavy atom. The van der Waals surface area contributed by atoms with Crippen LogP contribution in [0.1, 0.15) is 44.2 Å². The fraction of sp³-hybridized carbons (Fsp3) is 0.632. The van der Waals surface area contributed by atoms with Gasteiger partial charge >= 0.3 is 0 Å². The minimum atomic E-state index is 0. The first kappa shape index (κ1) is 20.0. The Bertz CT molecular complexity index is 486. The molecule has 1 heterocycles. The number of rotatable bonds is 6. The lowest BCUT2D eigenvalue weighted by molar-refractivity contribution is -0.122.